The van der Waals surface area contributed by atoms with Crippen molar-refractivity contribution in [2.75, 3.05) is 18.6 Å². The summed E-state index contributed by atoms with van der Waals surface area (Å²) in [6.45, 7) is 4.43. The molecule has 0 heterocycles. The van der Waals surface area contributed by atoms with Crippen LogP contribution in [0.5, 0.6) is 5.75 Å². The monoisotopic (exact) mass is 399 g/mol. The Morgan fingerprint density at radius 2 is 1.57 bits per heavy atom. The van der Waals surface area contributed by atoms with Crippen molar-refractivity contribution in [1.82, 2.24) is 5.32 Å². The number of sulfone groups is 1. The molecule has 0 aliphatic carbocycles. The zero-order chi connectivity index (χ0) is 20.6. The molecule has 0 saturated carbocycles. The lowest BCUT2D eigenvalue weighted by molar-refractivity contribution is -0.119. The van der Waals surface area contributed by atoms with E-state index in [1.165, 1.54) is 0 Å². The van der Waals surface area contributed by atoms with Gasteiger partial charge in [-0.05, 0) is 62.2 Å². The minimum atomic E-state index is -3.32. The van der Waals surface area contributed by atoms with Crippen LogP contribution in [-0.4, -0.2) is 39.0 Å². The highest BCUT2D eigenvalue weighted by Crippen LogP contribution is 2.12. The van der Waals surface area contributed by atoms with Crippen LogP contribution in [0.25, 0.3) is 0 Å². The summed E-state index contributed by atoms with van der Waals surface area (Å²) in [5.41, 5.74) is 2.85. The van der Waals surface area contributed by atoms with Crippen LogP contribution < -0.4 is 10.1 Å². The molecule has 28 heavy (non-hydrogen) atoms. The van der Waals surface area contributed by atoms with Crippen molar-refractivity contribution in [2.24, 2.45) is 0 Å². The van der Waals surface area contributed by atoms with Gasteiger partial charge in [0.2, 0.25) is 5.91 Å². The van der Waals surface area contributed by atoms with E-state index < -0.39 is 21.5 Å². The molecule has 0 radical (unpaired) electrons. The van der Waals surface area contributed by atoms with E-state index in [1.54, 1.807) is 0 Å². The molecule has 5 nitrogen and oxygen atoms in total. The smallest absolute Gasteiger partial charge is 0.235 e. The zero-order valence-corrected chi connectivity index (χ0v) is 17.2. The van der Waals surface area contributed by atoms with Gasteiger partial charge >= 0.3 is 0 Å². The van der Waals surface area contributed by atoms with E-state index >= 15 is 0 Å². The molecule has 2 aromatic rings. The number of hydrogen-bond acceptors (Lipinski definition) is 4. The van der Waals surface area contributed by atoms with Gasteiger partial charge in [0, 0.05) is 23.4 Å². The maximum absolute atomic E-state index is 11.7. The molecule has 0 spiro atoms. The molecule has 148 valence electrons. The molecule has 2 aromatic carbocycles. The van der Waals surface area contributed by atoms with Gasteiger partial charge in [0.25, 0.3) is 0 Å². The normalized spacial score (nSPS) is 11.8. The van der Waals surface area contributed by atoms with E-state index in [2.05, 4.69) is 17.2 Å². The van der Waals surface area contributed by atoms with Gasteiger partial charge in [-0.2, -0.15) is 0 Å². The molecule has 0 aromatic heterocycles. The van der Waals surface area contributed by atoms with Gasteiger partial charge in [0.1, 0.15) is 11.5 Å². The van der Waals surface area contributed by atoms with Crippen LogP contribution in [0.3, 0.4) is 0 Å². The van der Waals surface area contributed by atoms with Gasteiger partial charge in [-0.25, -0.2) is 8.42 Å². The molecule has 1 amide bonds. The second-order valence-electron chi connectivity index (χ2n) is 6.65. The first-order valence-electron chi connectivity index (χ1n) is 9.06. The van der Waals surface area contributed by atoms with Gasteiger partial charge in [0.15, 0.2) is 9.84 Å². The number of nitrogens with one attached hydrogen (secondary N) is 1. The van der Waals surface area contributed by atoms with E-state index in [0.29, 0.717) is 13.0 Å². The standard InChI is InChI=1S/C22H25NO4S/c1-4-27-21-13-11-19(12-14-21)6-5-18-7-9-20(10-8-18)15-17(2)23-22(24)16-28(3,25)26/h7-14,17H,4,15-16H2,1-3H3,(H,23,24). The first kappa shape index (κ1) is 21.5. The highest BCUT2D eigenvalue weighted by molar-refractivity contribution is 7.91. The number of carbonyl (C=O) groups excluding carboxylic acids is 1. The summed E-state index contributed by atoms with van der Waals surface area (Å²) in [7, 11) is -3.32. The fourth-order valence-electron chi connectivity index (χ4n) is 2.63. The van der Waals surface area contributed by atoms with Crippen LogP contribution in [0.2, 0.25) is 0 Å². The number of rotatable bonds is 7. The van der Waals surface area contributed by atoms with Crippen LogP contribution in [0.1, 0.15) is 30.5 Å². The lowest BCUT2D eigenvalue weighted by Gasteiger charge is -2.13. The predicted molar refractivity (Wildman–Crippen MR) is 111 cm³/mol. The third kappa shape index (κ3) is 7.85. The Bertz CT molecular complexity index is 952. The molecule has 0 aliphatic rings. The number of hydrogen-bond donors (Lipinski definition) is 1. The van der Waals surface area contributed by atoms with Crippen LogP contribution in [-0.2, 0) is 21.1 Å². The van der Waals surface area contributed by atoms with Gasteiger partial charge in [0.05, 0.1) is 6.61 Å². The predicted octanol–water partition coefficient (Wildman–Crippen LogP) is 2.58. The number of ether oxygens (including phenoxy) is 1. The van der Waals surface area contributed by atoms with Gasteiger partial charge in [-0.3, -0.25) is 4.79 Å². The van der Waals surface area contributed by atoms with E-state index in [9.17, 15) is 13.2 Å². The minimum absolute atomic E-state index is 0.157. The summed E-state index contributed by atoms with van der Waals surface area (Å²) in [4.78, 5) is 11.7. The highest BCUT2D eigenvalue weighted by Gasteiger charge is 2.13. The Labute approximate surface area is 167 Å². The Balaban J connectivity index is 1.92. The maximum atomic E-state index is 11.7. The van der Waals surface area contributed by atoms with Crippen LogP contribution in [0.4, 0.5) is 0 Å². The van der Waals surface area contributed by atoms with E-state index in [1.807, 2.05) is 62.4 Å². The Hall–Kier alpha value is -2.78. The van der Waals surface area contributed by atoms with E-state index in [4.69, 9.17) is 4.74 Å². The van der Waals surface area contributed by atoms with Crippen LogP contribution in [0.15, 0.2) is 48.5 Å². The van der Waals surface area contributed by atoms with Gasteiger partial charge in [-0.15, -0.1) is 0 Å². The summed E-state index contributed by atoms with van der Waals surface area (Å²) in [6, 6.07) is 15.3. The number of amides is 1. The average Bonchev–Trinajstić information content (AvgIpc) is 2.61. The summed E-state index contributed by atoms with van der Waals surface area (Å²) in [5, 5.41) is 2.70. The van der Waals surface area contributed by atoms with Crippen molar-refractivity contribution in [1.29, 1.82) is 0 Å². The van der Waals surface area contributed by atoms with Gasteiger partial charge in [-0.1, -0.05) is 24.0 Å². The van der Waals surface area contributed by atoms with Crippen LogP contribution >= 0.6 is 0 Å². The fraction of sp³-hybridized carbons (Fsp3) is 0.318. The fourth-order valence-corrected chi connectivity index (χ4v) is 3.19. The molecular weight excluding hydrogens is 374 g/mol. The summed E-state index contributed by atoms with van der Waals surface area (Å²) >= 11 is 0. The van der Waals surface area contributed by atoms with Crippen molar-refractivity contribution in [3.05, 3.63) is 65.2 Å². The average molecular weight is 400 g/mol. The molecule has 0 fully saturated rings. The molecule has 6 heteroatoms. The molecule has 1 unspecified atom stereocenters. The molecule has 0 aliphatic heterocycles. The number of carbonyl (C=O) groups is 1. The number of benzene rings is 2. The molecule has 2 rings (SSSR count). The molecular formula is C22H25NO4S. The van der Waals surface area contributed by atoms with Crippen molar-refractivity contribution in [2.45, 2.75) is 26.3 Å². The second-order valence-corrected chi connectivity index (χ2v) is 8.79. The summed E-state index contributed by atoms with van der Waals surface area (Å²) in [6.07, 6.45) is 1.66. The molecule has 0 saturated heterocycles. The first-order chi connectivity index (χ1) is 13.2. The molecule has 1 N–H and O–H groups in total. The van der Waals surface area contributed by atoms with Crippen molar-refractivity contribution in [3.8, 4) is 17.6 Å². The lowest BCUT2D eigenvalue weighted by atomic mass is 10.0. The van der Waals surface area contributed by atoms with E-state index in [-0.39, 0.29) is 6.04 Å². The molecule has 0 bridgehead atoms. The summed E-state index contributed by atoms with van der Waals surface area (Å²) in [5.74, 6) is 6.10. The Morgan fingerprint density at radius 3 is 2.07 bits per heavy atom. The largest absolute Gasteiger partial charge is 0.494 e. The highest BCUT2D eigenvalue weighted by atomic mass is 32.2. The Morgan fingerprint density at radius 1 is 1.04 bits per heavy atom. The Kier molecular flexibility index (Phi) is 7.65. The van der Waals surface area contributed by atoms with Crippen LogP contribution in [0, 0.1) is 11.8 Å². The maximum Gasteiger partial charge on any atom is 0.235 e. The van der Waals surface area contributed by atoms with Crippen molar-refractivity contribution >= 4 is 15.7 Å². The molecule has 1 atom stereocenters. The quantitative estimate of drug-likeness (QED) is 0.727. The third-order valence-corrected chi connectivity index (χ3v) is 4.60. The van der Waals surface area contributed by atoms with Crippen molar-refractivity contribution < 1.29 is 17.9 Å². The van der Waals surface area contributed by atoms with E-state index in [0.717, 1.165) is 28.7 Å². The second kappa shape index (κ2) is 9.95. The third-order valence-electron chi connectivity index (χ3n) is 3.81. The first-order valence-corrected chi connectivity index (χ1v) is 11.1. The lowest BCUT2D eigenvalue weighted by Crippen LogP contribution is -2.37. The zero-order valence-electron chi connectivity index (χ0n) is 16.4. The summed E-state index contributed by atoms with van der Waals surface area (Å²) < 4.78 is 27.7. The minimum Gasteiger partial charge on any atom is -0.494 e. The topological polar surface area (TPSA) is 72.5 Å². The SMILES string of the molecule is CCOc1ccc(C#Cc2ccc(CC(C)NC(=O)CS(C)(=O)=O)cc2)cc1. The van der Waals surface area contributed by atoms with Crippen molar-refractivity contribution in [3.63, 3.8) is 0 Å². The van der Waals surface area contributed by atoms with Gasteiger partial charge < -0.3 is 10.1 Å².